The number of aromatic nitrogens is 3. The summed E-state index contributed by atoms with van der Waals surface area (Å²) in [6.07, 6.45) is 5.26. The van der Waals surface area contributed by atoms with Gasteiger partial charge in [-0.2, -0.15) is 15.0 Å². The monoisotopic (exact) mass is 268 g/mol. The molecule has 3 rings (SSSR count). The molecule has 0 aliphatic heterocycles. The van der Waals surface area contributed by atoms with Crippen molar-refractivity contribution >= 4 is 17.5 Å². The zero-order valence-corrected chi connectivity index (χ0v) is 11.2. The maximum absolute atomic E-state index is 5.87. The first-order valence-corrected chi connectivity index (χ1v) is 6.93. The number of fused-ring (bicyclic) bond motifs is 2. The number of rotatable bonds is 4. The van der Waals surface area contributed by atoms with Crippen LogP contribution < -0.4 is 10.1 Å². The van der Waals surface area contributed by atoms with Crippen LogP contribution in [0.5, 0.6) is 6.01 Å². The Morgan fingerprint density at radius 2 is 2.17 bits per heavy atom. The third kappa shape index (κ3) is 2.36. The van der Waals surface area contributed by atoms with E-state index in [9.17, 15) is 0 Å². The van der Waals surface area contributed by atoms with Gasteiger partial charge in [-0.05, 0) is 49.6 Å². The van der Waals surface area contributed by atoms with E-state index in [2.05, 4.69) is 20.3 Å². The summed E-state index contributed by atoms with van der Waals surface area (Å²) < 4.78 is 5.27. The molecule has 0 spiro atoms. The lowest BCUT2D eigenvalue weighted by atomic mass is 9.95. The van der Waals surface area contributed by atoms with Gasteiger partial charge in [0.15, 0.2) is 0 Å². The highest BCUT2D eigenvalue weighted by molar-refractivity contribution is 6.28. The zero-order valence-electron chi connectivity index (χ0n) is 10.4. The van der Waals surface area contributed by atoms with Crippen LogP contribution in [0.15, 0.2) is 0 Å². The van der Waals surface area contributed by atoms with Gasteiger partial charge in [-0.15, -0.1) is 0 Å². The molecule has 6 heteroatoms. The van der Waals surface area contributed by atoms with E-state index in [1.54, 1.807) is 0 Å². The topological polar surface area (TPSA) is 59.9 Å². The fourth-order valence-electron chi connectivity index (χ4n) is 3.18. The van der Waals surface area contributed by atoms with Gasteiger partial charge in [0.05, 0.1) is 6.61 Å². The number of nitrogens with zero attached hydrogens (tertiary/aromatic N) is 3. The Balaban J connectivity index is 1.72. The van der Waals surface area contributed by atoms with Crippen LogP contribution in [0.3, 0.4) is 0 Å². The summed E-state index contributed by atoms with van der Waals surface area (Å²) in [6.45, 7) is 2.41. The third-order valence-electron chi connectivity index (χ3n) is 3.91. The molecule has 5 nitrogen and oxygen atoms in total. The summed E-state index contributed by atoms with van der Waals surface area (Å²) in [5.74, 6) is 2.19. The van der Waals surface area contributed by atoms with Gasteiger partial charge in [-0.25, -0.2) is 0 Å². The first-order chi connectivity index (χ1) is 8.74. The molecular formula is C12H17ClN4O. The van der Waals surface area contributed by atoms with E-state index in [4.69, 9.17) is 16.3 Å². The molecule has 0 saturated heterocycles. The molecule has 1 aromatic heterocycles. The van der Waals surface area contributed by atoms with Gasteiger partial charge >= 0.3 is 6.01 Å². The van der Waals surface area contributed by atoms with E-state index < -0.39 is 0 Å². The van der Waals surface area contributed by atoms with E-state index in [-0.39, 0.29) is 5.28 Å². The lowest BCUT2D eigenvalue weighted by Crippen LogP contribution is -2.27. The maximum Gasteiger partial charge on any atom is 0.322 e. The van der Waals surface area contributed by atoms with E-state index in [0.717, 1.165) is 11.8 Å². The Bertz CT molecular complexity index is 442. The number of anilines is 1. The molecule has 0 radical (unpaired) electrons. The van der Waals surface area contributed by atoms with Crippen LogP contribution >= 0.6 is 11.6 Å². The Hall–Kier alpha value is -1.10. The summed E-state index contributed by atoms with van der Waals surface area (Å²) in [5, 5.41) is 3.56. The molecule has 98 valence electrons. The fourth-order valence-corrected chi connectivity index (χ4v) is 3.33. The molecule has 18 heavy (non-hydrogen) atoms. The van der Waals surface area contributed by atoms with Crippen molar-refractivity contribution in [3.05, 3.63) is 5.28 Å². The predicted octanol–water partition coefficient (Wildman–Crippen LogP) is 2.52. The van der Waals surface area contributed by atoms with Crippen molar-refractivity contribution in [1.29, 1.82) is 0 Å². The van der Waals surface area contributed by atoms with Crippen molar-refractivity contribution in [1.82, 2.24) is 15.0 Å². The van der Waals surface area contributed by atoms with Crippen LogP contribution in [-0.4, -0.2) is 27.6 Å². The van der Waals surface area contributed by atoms with Gasteiger partial charge in [-0.3, -0.25) is 0 Å². The Kier molecular flexibility index (Phi) is 3.24. The average molecular weight is 269 g/mol. The molecule has 1 N–H and O–H groups in total. The van der Waals surface area contributed by atoms with Crippen molar-refractivity contribution in [2.75, 3.05) is 11.9 Å². The molecule has 3 unspecified atom stereocenters. The molecule has 3 atom stereocenters. The van der Waals surface area contributed by atoms with Crippen molar-refractivity contribution in [3.8, 4) is 6.01 Å². The van der Waals surface area contributed by atoms with E-state index in [1.807, 2.05) is 6.92 Å². The molecule has 0 amide bonds. The fraction of sp³-hybridized carbons (Fsp3) is 0.750. The zero-order chi connectivity index (χ0) is 12.5. The normalized spacial score (nSPS) is 29.6. The molecular weight excluding hydrogens is 252 g/mol. The number of nitrogens with one attached hydrogen (secondary N) is 1. The highest BCUT2D eigenvalue weighted by Crippen LogP contribution is 2.45. The number of hydrogen-bond acceptors (Lipinski definition) is 5. The molecule has 2 bridgehead atoms. The van der Waals surface area contributed by atoms with Crippen LogP contribution in [0.4, 0.5) is 5.95 Å². The quantitative estimate of drug-likeness (QED) is 0.909. The lowest BCUT2D eigenvalue weighted by molar-refractivity contribution is 0.311. The SMILES string of the molecule is CCOc1nc(Cl)nc(NC2CC3CCC2C3)n1. The molecule has 1 heterocycles. The molecule has 2 fully saturated rings. The van der Waals surface area contributed by atoms with Gasteiger partial charge in [0, 0.05) is 6.04 Å². The molecule has 2 aliphatic carbocycles. The second kappa shape index (κ2) is 4.88. The van der Waals surface area contributed by atoms with Gasteiger partial charge < -0.3 is 10.1 Å². The van der Waals surface area contributed by atoms with Crippen LogP contribution in [-0.2, 0) is 0 Å². The third-order valence-corrected chi connectivity index (χ3v) is 4.08. The number of hydrogen-bond donors (Lipinski definition) is 1. The minimum absolute atomic E-state index is 0.180. The van der Waals surface area contributed by atoms with E-state index >= 15 is 0 Å². The summed E-state index contributed by atoms with van der Waals surface area (Å²) in [4.78, 5) is 12.3. The van der Waals surface area contributed by atoms with Crippen LogP contribution in [0.2, 0.25) is 5.28 Å². The maximum atomic E-state index is 5.87. The first kappa shape index (κ1) is 12.0. The molecule has 1 aromatic rings. The first-order valence-electron chi connectivity index (χ1n) is 6.55. The van der Waals surface area contributed by atoms with Crippen LogP contribution in [0.1, 0.15) is 32.6 Å². The van der Waals surface area contributed by atoms with Gasteiger partial charge in [0.25, 0.3) is 0 Å². The smallest absolute Gasteiger partial charge is 0.322 e. The summed E-state index contributed by atoms with van der Waals surface area (Å²) in [5.41, 5.74) is 0. The Morgan fingerprint density at radius 3 is 2.83 bits per heavy atom. The van der Waals surface area contributed by atoms with Gasteiger partial charge in [0.2, 0.25) is 11.2 Å². The largest absolute Gasteiger partial charge is 0.464 e. The van der Waals surface area contributed by atoms with Crippen LogP contribution in [0, 0.1) is 11.8 Å². The predicted molar refractivity (Wildman–Crippen MR) is 68.9 cm³/mol. The molecule has 2 saturated carbocycles. The van der Waals surface area contributed by atoms with Crippen molar-refractivity contribution in [2.45, 2.75) is 38.6 Å². The summed E-state index contributed by atoms with van der Waals surface area (Å²) in [6, 6.07) is 0.778. The van der Waals surface area contributed by atoms with Crippen molar-refractivity contribution in [3.63, 3.8) is 0 Å². The second-order valence-electron chi connectivity index (χ2n) is 5.07. The number of ether oxygens (including phenoxy) is 1. The minimum atomic E-state index is 0.180. The van der Waals surface area contributed by atoms with E-state index in [0.29, 0.717) is 24.6 Å². The standard InChI is InChI=1S/C12H17ClN4O/c1-2-18-12-16-10(13)15-11(17-12)14-9-6-7-3-4-8(9)5-7/h7-9H,2-6H2,1H3,(H,14,15,16,17). The lowest BCUT2D eigenvalue weighted by Gasteiger charge is -2.22. The van der Waals surface area contributed by atoms with Crippen molar-refractivity contribution in [2.24, 2.45) is 11.8 Å². The minimum Gasteiger partial charge on any atom is -0.464 e. The molecule has 0 aromatic carbocycles. The van der Waals surface area contributed by atoms with E-state index in [1.165, 1.54) is 25.7 Å². The summed E-state index contributed by atoms with van der Waals surface area (Å²) >= 11 is 5.87. The van der Waals surface area contributed by atoms with Gasteiger partial charge in [0.1, 0.15) is 0 Å². The van der Waals surface area contributed by atoms with Gasteiger partial charge in [-0.1, -0.05) is 6.42 Å². The Morgan fingerprint density at radius 1 is 1.28 bits per heavy atom. The second-order valence-corrected chi connectivity index (χ2v) is 5.41. The summed E-state index contributed by atoms with van der Waals surface area (Å²) in [7, 11) is 0. The van der Waals surface area contributed by atoms with Crippen molar-refractivity contribution < 1.29 is 4.74 Å². The van der Waals surface area contributed by atoms with Crippen LogP contribution in [0.25, 0.3) is 0 Å². The Labute approximate surface area is 111 Å². The molecule has 2 aliphatic rings. The average Bonchev–Trinajstić information content (AvgIpc) is 2.90. The highest BCUT2D eigenvalue weighted by atomic mass is 35.5. The highest BCUT2D eigenvalue weighted by Gasteiger charge is 2.39. The number of halogens is 1.